The minimum atomic E-state index is -0.831. The molecular weight excluding hydrogens is 204 g/mol. The minimum Gasteiger partial charge on any atom is -0.465 e. The molecule has 2 bridgehead atoms. The number of rotatable bonds is 2. The van der Waals surface area contributed by atoms with Crippen LogP contribution in [0.2, 0.25) is 0 Å². The highest BCUT2D eigenvalue weighted by molar-refractivity contribution is 6.06. The van der Waals surface area contributed by atoms with Crippen LogP contribution in [0.15, 0.2) is 12.2 Å². The van der Waals surface area contributed by atoms with E-state index in [-0.39, 0.29) is 17.7 Å². The molecule has 0 aromatic heterocycles. The number of carbonyl (C=O) groups is 2. The van der Waals surface area contributed by atoms with Crippen molar-refractivity contribution in [3.63, 3.8) is 0 Å². The standard InChI is InChI=1S/C13H18O3/c1-2-16-12(15)13-8-4-3-6-10(11(13)14)7-5-9-13/h3,6,10H,2,4-5,7-9H2,1H3/t10-,13-/m0/s1. The summed E-state index contributed by atoms with van der Waals surface area (Å²) in [7, 11) is 0. The summed E-state index contributed by atoms with van der Waals surface area (Å²) in [5.74, 6) is -0.264. The van der Waals surface area contributed by atoms with Crippen LogP contribution in [0.4, 0.5) is 0 Å². The lowest BCUT2D eigenvalue weighted by Gasteiger charge is -2.35. The summed E-state index contributed by atoms with van der Waals surface area (Å²) < 4.78 is 5.10. The van der Waals surface area contributed by atoms with Gasteiger partial charge in [0.2, 0.25) is 0 Å². The van der Waals surface area contributed by atoms with Crippen molar-refractivity contribution in [2.75, 3.05) is 6.61 Å². The Morgan fingerprint density at radius 1 is 1.56 bits per heavy atom. The smallest absolute Gasteiger partial charge is 0.319 e. The molecule has 1 fully saturated rings. The van der Waals surface area contributed by atoms with Crippen LogP contribution in [-0.4, -0.2) is 18.4 Å². The van der Waals surface area contributed by atoms with E-state index in [9.17, 15) is 9.59 Å². The number of allylic oxidation sites excluding steroid dienone is 2. The summed E-state index contributed by atoms with van der Waals surface area (Å²) in [6.07, 6.45) is 7.94. The molecule has 0 unspecified atom stereocenters. The quantitative estimate of drug-likeness (QED) is 0.409. The predicted octanol–water partition coefficient (Wildman–Crippen LogP) is 2.26. The van der Waals surface area contributed by atoms with Gasteiger partial charge in [-0.3, -0.25) is 9.59 Å². The molecule has 0 radical (unpaired) electrons. The fourth-order valence-corrected chi connectivity index (χ4v) is 2.83. The Labute approximate surface area is 95.9 Å². The van der Waals surface area contributed by atoms with E-state index >= 15 is 0 Å². The van der Waals surface area contributed by atoms with Gasteiger partial charge in [0.15, 0.2) is 5.78 Å². The van der Waals surface area contributed by atoms with Crippen molar-refractivity contribution in [1.82, 2.24) is 0 Å². The number of Topliss-reactive ketones (excluding diaryl/α,β-unsaturated/α-hetero) is 1. The predicted molar refractivity (Wildman–Crippen MR) is 59.8 cm³/mol. The lowest BCUT2D eigenvalue weighted by molar-refractivity contribution is -0.163. The van der Waals surface area contributed by atoms with Crippen molar-refractivity contribution in [2.45, 2.75) is 39.0 Å². The third kappa shape index (κ3) is 1.68. The van der Waals surface area contributed by atoms with Crippen LogP contribution in [0.3, 0.4) is 0 Å². The molecule has 0 saturated heterocycles. The van der Waals surface area contributed by atoms with Crippen LogP contribution in [0, 0.1) is 11.3 Å². The zero-order valence-corrected chi connectivity index (χ0v) is 9.70. The maximum atomic E-state index is 12.3. The van der Waals surface area contributed by atoms with E-state index in [1.165, 1.54) is 0 Å². The fourth-order valence-electron chi connectivity index (χ4n) is 2.83. The third-order valence-electron chi connectivity index (χ3n) is 3.70. The Bertz CT molecular complexity index is 332. The van der Waals surface area contributed by atoms with Crippen molar-refractivity contribution >= 4 is 11.8 Å². The molecule has 0 aromatic rings. The van der Waals surface area contributed by atoms with E-state index in [0.717, 1.165) is 19.3 Å². The van der Waals surface area contributed by atoms with Crippen LogP contribution in [0.25, 0.3) is 0 Å². The summed E-state index contributed by atoms with van der Waals surface area (Å²) in [5, 5.41) is 0. The van der Waals surface area contributed by atoms with Crippen molar-refractivity contribution < 1.29 is 14.3 Å². The topological polar surface area (TPSA) is 43.4 Å². The van der Waals surface area contributed by atoms with Crippen molar-refractivity contribution in [2.24, 2.45) is 11.3 Å². The first-order chi connectivity index (χ1) is 7.70. The fraction of sp³-hybridized carbons (Fsp3) is 0.692. The second kappa shape index (κ2) is 4.40. The summed E-state index contributed by atoms with van der Waals surface area (Å²) in [5.41, 5.74) is -0.831. The number of ketones is 1. The highest BCUT2D eigenvalue weighted by Crippen LogP contribution is 2.43. The van der Waals surface area contributed by atoms with Gasteiger partial charge in [0, 0.05) is 5.92 Å². The van der Waals surface area contributed by atoms with E-state index in [1.54, 1.807) is 6.92 Å². The highest BCUT2D eigenvalue weighted by atomic mass is 16.5. The first-order valence-electron chi connectivity index (χ1n) is 6.09. The van der Waals surface area contributed by atoms with Gasteiger partial charge in [-0.15, -0.1) is 0 Å². The monoisotopic (exact) mass is 222 g/mol. The number of hydrogen-bond donors (Lipinski definition) is 0. The number of fused-ring (bicyclic) bond motifs is 2. The van der Waals surface area contributed by atoms with Crippen LogP contribution in [-0.2, 0) is 14.3 Å². The Morgan fingerprint density at radius 2 is 2.38 bits per heavy atom. The van der Waals surface area contributed by atoms with Crippen LogP contribution < -0.4 is 0 Å². The molecular formula is C13H18O3. The van der Waals surface area contributed by atoms with E-state index in [0.29, 0.717) is 19.4 Å². The average Bonchev–Trinajstić information content (AvgIpc) is 2.38. The zero-order chi connectivity index (χ0) is 11.6. The molecule has 3 nitrogen and oxygen atoms in total. The second-order valence-electron chi connectivity index (χ2n) is 4.63. The molecule has 1 saturated carbocycles. The van der Waals surface area contributed by atoms with Gasteiger partial charge in [-0.25, -0.2) is 0 Å². The third-order valence-corrected chi connectivity index (χ3v) is 3.70. The molecule has 16 heavy (non-hydrogen) atoms. The first-order valence-corrected chi connectivity index (χ1v) is 6.09. The molecule has 0 amide bonds. The van der Waals surface area contributed by atoms with Crippen LogP contribution >= 0.6 is 0 Å². The van der Waals surface area contributed by atoms with E-state index < -0.39 is 5.41 Å². The van der Waals surface area contributed by atoms with E-state index in [1.807, 2.05) is 12.2 Å². The Hall–Kier alpha value is -1.12. The maximum Gasteiger partial charge on any atom is 0.319 e. The number of hydrogen-bond acceptors (Lipinski definition) is 3. The van der Waals surface area contributed by atoms with Gasteiger partial charge in [-0.1, -0.05) is 18.6 Å². The Kier molecular flexibility index (Phi) is 3.13. The van der Waals surface area contributed by atoms with Gasteiger partial charge >= 0.3 is 5.97 Å². The largest absolute Gasteiger partial charge is 0.465 e. The molecule has 0 spiro atoms. The molecule has 0 aromatic carbocycles. The van der Waals surface area contributed by atoms with Gasteiger partial charge < -0.3 is 4.74 Å². The van der Waals surface area contributed by atoms with Gasteiger partial charge in [0.1, 0.15) is 5.41 Å². The molecule has 2 atom stereocenters. The van der Waals surface area contributed by atoms with Crippen LogP contribution in [0.5, 0.6) is 0 Å². The highest BCUT2D eigenvalue weighted by Gasteiger charge is 2.51. The van der Waals surface area contributed by atoms with Crippen molar-refractivity contribution in [1.29, 1.82) is 0 Å². The Morgan fingerprint density at radius 3 is 3.12 bits per heavy atom. The van der Waals surface area contributed by atoms with Crippen LogP contribution in [0.1, 0.15) is 39.0 Å². The summed E-state index contributed by atoms with van der Waals surface area (Å²) >= 11 is 0. The second-order valence-corrected chi connectivity index (χ2v) is 4.63. The van der Waals surface area contributed by atoms with E-state index in [4.69, 9.17) is 4.74 Å². The first kappa shape index (κ1) is 11.4. The minimum absolute atomic E-state index is 0.0549. The lowest BCUT2D eigenvalue weighted by Crippen LogP contribution is -2.45. The normalized spacial score (nSPS) is 33.3. The number of ether oxygens (including phenoxy) is 1. The average molecular weight is 222 g/mol. The summed E-state index contributed by atoms with van der Waals surface area (Å²) in [6, 6.07) is 0. The summed E-state index contributed by atoms with van der Waals surface area (Å²) in [6.45, 7) is 2.14. The molecule has 0 N–H and O–H groups in total. The molecule has 3 heteroatoms. The van der Waals surface area contributed by atoms with Gasteiger partial charge in [0.25, 0.3) is 0 Å². The van der Waals surface area contributed by atoms with Crippen molar-refractivity contribution in [3.8, 4) is 0 Å². The lowest BCUT2D eigenvalue weighted by atomic mass is 9.67. The van der Waals surface area contributed by atoms with Gasteiger partial charge in [0.05, 0.1) is 6.61 Å². The maximum absolute atomic E-state index is 12.3. The van der Waals surface area contributed by atoms with Crippen molar-refractivity contribution in [3.05, 3.63) is 12.2 Å². The molecule has 0 aliphatic heterocycles. The molecule has 2 aliphatic rings. The molecule has 88 valence electrons. The van der Waals surface area contributed by atoms with E-state index in [2.05, 4.69) is 0 Å². The van der Waals surface area contributed by atoms with Gasteiger partial charge in [-0.05, 0) is 32.6 Å². The summed E-state index contributed by atoms with van der Waals surface area (Å²) in [4.78, 5) is 24.3. The number of carbonyl (C=O) groups excluding carboxylic acids is 2. The SMILES string of the molecule is CCOC(=O)[C@@]12CCC=C[C@@H](CCC1)C2=O. The molecule has 2 aliphatic carbocycles. The molecule has 2 rings (SSSR count). The number of esters is 1. The van der Waals surface area contributed by atoms with Gasteiger partial charge in [-0.2, -0.15) is 0 Å². The molecule has 0 heterocycles. The zero-order valence-electron chi connectivity index (χ0n) is 9.70. The Balaban J connectivity index is 2.29.